The van der Waals surface area contributed by atoms with E-state index >= 15 is 0 Å². The lowest BCUT2D eigenvalue weighted by Gasteiger charge is -2.14. The molecule has 1 N–H and O–H groups in total. The molecule has 0 saturated heterocycles. The van der Waals surface area contributed by atoms with Gasteiger partial charge < -0.3 is 9.47 Å². The summed E-state index contributed by atoms with van der Waals surface area (Å²) in [6.07, 6.45) is -0.238. The van der Waals surface area contributed by atoms with Crippen molar-refractivity contribution in [3.05, 3.63) is 70.5 Å². The Morgan fingerprint density at radius 2 is 1.73 bits per heavy atom. The maximum Gasteiger partial charge on any atom is 0.264 e. The van der Waals surface area contributed by atoms with Gasteiger partial charge in [0, 0.05) is 12.0 Å². The lowest BCUT2D eigenvalue weighted by molar-refractivity contribution is 0.391. The first-order chi connectivity index (χ1) is 14.3. The number of methoxy groups -OCH3 is 2. The second-order valence-corrected chi connectivity index (χ2v) is 8.03. The average Bonchev–Trinajstić information content (AvgIpc) is 2.72. The Bertz CT molecular complexity index is 1180. The van der Waals surface area contributed by atoms with E-state index < -0.39 is 27.7 Å². The zero-order valence-corrected chi connectivity index (χ0v) is 17.4. The number of anilines is 1. The van der Waals surface area contributed by atoms with E-state index in [0.717, 1.165) is 0 Å². The van der Waals surface area contributed by atoms with E-state index in [2.05, 4.69) is 14.7 Å². The Labute approximate surface area is 176 Å². The monoisotopic (exact) mass is 455 g/mol. The first-order valence-electron chi connectivity index (χ1n) is 8.46. The molecule has 0 aliphatic heterocycles. The van der Waals surface area contributed by atoms with Crippen molar-refractivity contribution in [3.63, 3.8) is 0 Å². The SMILES string of the molecule is COc1ccc(Cc2nc(NS(=O)(=O)c3ccccc3)nc(F)c2F)c(OC)c1Cl. The van der Waals surface area contributed by atoms with Crippen LogP contribution < -0.4 is 14.2 Å². The fraction of sp³-hybridized carbons (Fsp3) is 0.158. The molecule has 1 aromatic heterocycles. The summed E-state index contributed by atoms with van der Waals surface area (Å²) in [5, 5.41) is 0.150. The highest BCUT2D eigenvalue weighted by Crippen LogP contribution is 2.37. The van der Waals surface area contributed by atoms with Gasteiger partial charge in [0.1, 0.15) is 16.5 Å². The summed E-state index contributed by atoms with van der Waals surface area (Å²) in [7, 11) is -1.30. The van der Waals surface area contributed by atoms with E-state index in [1.165, 1.54) is 44.6 Å². The minimum atomic E-state index is -4.09. The third-order valence-electron chi connectivity index (χ3n) is 4.08. The van der Waals surface area contributed by atoms with Crippen LogP contribution in [-0.2, 0) is 16.4 Å². The molecule has 30 heavy (non-hydrogen) atoms. The van der Waals surface area contributed by atoms with Gasteiger partial charge in [0.05, 0.1) is 24.8 Å². The second kappa shape index (κ2) is 8.80. The third kappa shape index (κ3) is 4.44. The zero-order chi connectivity index (χ0) is 21.9. The van der Waals surface area contributed by atoms with Gasteiger partial charge in [-0.1, -0.05) is 35.9 Å². The van der Waals surface area contributed by atoms with Crippen molar-refractivity contribution in [1.82, 2.24) is 9.97 Å². The van der Waals surface area contributed by atoms with Gasteiger partial charge >= 0.3 is 0 Å². The smallest absolute Gasteiger partial charge is 0.264 e. The van der Waals surface area contributed by atoms with Gasteiger partial charge in [-0.2, -0.15) is 13.8 Å². The lowest BCUT2D eigenvalue weighted by atomic mass is 10.1. The van der Waals surface area contributed by atoms with Crippen molar-refractivity contribution in [3.8, 4) is 11.5 Å². The van der Waals surface area contributed by atoms with E-state index in [1.807, 2.05) is 0 Å². The first kappa shape index (κ1) is 21.7. The predicted octanol–water partition coefficient (Wildman–Crippen LogP) is 3.82. The molecule has 3 aromatic rings. The molecule has 0 radical (unpaired) electrons. The normalized spacial score (nSPS) is 11.2. The van der Waals surface area contributed by atoms with Crippen LogP contribution in [0.1, 0.15) is 11.3 Å². The number of hydrogen-bond donors (Lipinski definition) is 1. The molecule has 7 nitrogen and oxygen atoms in total. The standard InChI is InChI=1S/C19H16ClF2N3O4S/c1-28-14-9-8-11(17(29-2)15(14)20)10-13-16(21)18(22)24-19(23-13)25-30(26,27)12-6-4-3-5-7-12/h3-9H,10H2,1-2H3,(H,23,24,25). The molecule has 3 rings (SSSR count). The second-order valence-electron chi connectivity index (χ2n) is 5.97. The molecule has 0 aliphatic carbocycles. The van der Waals surface area contributed by atoms with Crippen molar-refractivity contribution in [2.24, 2.45) is 0 Å². The number of aromatic nitrogens is 2. The maximum atomic E-state index is 14.3. The maximum absolute atomic E-state index is 14.3. The van der Waals surface area contributed by atoms with E-state index in [1.54, 1.807) is 12.1 Å². The number of sulfonamides is 1. The van der Waals surface area contributed by atoms with Gasteiger partial charge in [-0.25, -0.2) is 18.1 Å². The molecular formula is C19H16ClF2N3O4S. The lowest BCUT2D eigenvalue weighted by Crippen LogP contribution is -2.17. The van der Waals surface area contributed by atoms with Gasteiger partial charge in [0.15, 0.2) is 5.82 Å². The number of halogens is 3. The molecule has 0 atom stereocenters. The van der Waals surface area contributed by atoms with Gasteiger partial charge in [-0.15, -0.1) is 0 Å². The number of rotatable bonds is 7. The molecule has 2 aromatic carbocycles. The molecule has 158 valence electrons. The summed E-state index contributed by atoms with van der Waals surface area (Å²) in [4.78, 5) is 7.01. The topological polar surface area (TPSA) is 90.4 Å². The first-order valence-corrected chi connectivity index (χ1v) is 10.3. The van der Waals surface area contributed by atoms with Crippen LogP contribution in [0, 0.1) is 11.8 Å². The fourth-order valence-electron chi connectivity index (χ4n) is 2.68. The van der Waals surface area contributed by atoms with Crippen LogP contribution >= 0.6 is 11.6 Å². The van der Waals surface area contributed by atoms with Crippen LogP contribution in [0.3, 0.4) is 0 Å². The highest BCUT2D eigenvalue weighted by Gasteiger charge is 2.22. The number of ether oxygens (including phenoxy) is 2. The molecule has 0 spiro atoms. The van der Waals surface area contributed by atoms with Crippen molar-refractivity contribution < 1.29 is 26.7 Å². The molecule has 0 saturated carbocycles. The third-order valence-corrected chi connectivity index (χ3v) is 5.79. The Balaban J connectivity index is 1.98. The van der Waals surface area contributed by atoms with Crippen molar-refractivity contribution in [1.29, 1.82) is 0 Å². The fourth-order valence-corrected chi connectivity index (χ4v) is 3.98. The molecule has 0 bridgehead atoms. The Morgan fingerprint density at radius 1 is 1.03 bits per heavy atom. The van der Waals surface area contributed by atoms with E-state index in [-0.39, 0.29) is 27.8 Å². The summed E-state index contributed by atoms with van der Waals surface area (Å²) in [6, 6.07) is 10.4. The summed E-state index contributed by atoms with van der Waals surface area (Å²) >= 11 is 6.20. The zero-order valence-electron chi connectivity index (χ0n) is 15.8. The molecule has 0 amide bonds. The molecule has 0 fully saturated rings. The summed E-state index contributed by atoms with van der Waals surface area (Å²) in [6.45, 7) is 0. The number of hydrogen-bond acceptors (Lipinski definition) is 6. The van der Waals surface area contributed by atoms with Gasteiger partial charge in [0.25, 0.3) is 16.0 Å². The largest absolute Gasteiger partial charge is 0.495 e. The van der Waals surface area contributed by atoms with Gasteiger partial charge in [-0.05, 0) is 18.2 Å². The number of nitrogens with zero attached hydrogens (tertiary/aromatic N) is 2. The molecule has 1 heterocycles. The van der Waals surface area contributed by atoms with Crippen LogP contribution in [-0.4, -0.2) is 32.6 Å². The summed E-state index contributed by atoms with van der Waals surface area (Å²) in [5.41, 5.74) is 0.00459. The van der Waals surface area contributed by atoms with E-state index in [4.69, 9.17) is 21.1 Å². The van der Waals surface area contributed by atoms with Gasteiger partial charge in [-0.3, -0.25) is 0 Å². The number of nitrogens with one attached hydrogen (secondary N) is 1. The van der Waals surface area contributed by atoms with Crippen molar-refractivity contribution in [2.45, 2.75) is 11.3 Å². The minimum absolute atomic E-state index is 0.0801. The van der Waals surface area contributed by atoms with Crippen LogP contribution in [0.15, 0.2) is 47.4 Å². The summed E-state index contributed by atoms with van der Waals surface area (Å²) in [5.74, 6) is -2.88. The average molecular weight is 456 g/mol. The molecule has 0 aliphatic rings. The quantitative estimate of drug-likeness (QED) is 0.545. The predicted molar refractivity (Wildman–Crippen MR) is 107 cm³/mol. The molecular weight excluding hydrogens is 440 g/mol. The Morgan fingerprint density at radius 3 is 2.37 bits per heavy atom. The Kier molecular flexibility index (Phi) is 6.37. The Hall–Kier alpha value is -2.98. The van der Waals surface area contributed by atoms with E-state index in [0.29, 0.717) is 11.3 Å². The summed E-state index contributed by atoms with van der Waals surface area (Å²) < 4.78 is 65.6. The van der Waals surface area contributed by atoms with Crippen molar-refractivity contribution >= 4 is 27.6 Å². The van der Waals surface area contributed by atoms with Gasteiger partial charge in [0.2, 0.25) is 5.95 Å². The highest BCUT2D eigenvalue weighted by atomic mass is 35.5. The van der Waals surface area contributed by atoms with Crippen LogP contribution in [0.4, 0.5) is 14.7 Å². The van der Waals surface area contributed by atoms with E-state index in [9.17, 15) is 17.2 Å². The molecule has 11 heteroatoms. The number of benzene rings is 2. The highest BCUT2D eigenvalue weighted by molar-refractivity contribution is 7.92. The molecule has 0 unspecified atom stereocenters. The van der Waals surface area contributed by atoms with Crippen LogP contribution in [0.5, 0.6) is 11.5 Å². The van der Waals surface area contributed by atoms with Crippen LogP contribution in [0.2, 0.25) is 5.02 Å². The van der Waals surface area contributed by atoms with Crippen molar-refractivity contribution in [2.75, 3.05) is 18.9 Å². The minimum Gasteiger partial charge on any atom is -0.495 e. The van der Waals surface area contributed by atoms with Crippen LogP contribution in [0.25, 0.3) is 0 Å².